The molecule has 0 radical (unpaired) electrons. The molecule has 0 N–H and O–H groups in total. The fraction of sp³-hybridized carbons (Fsp3) is 0.364. The van der Waals surface area contributed by atoms with Gasteiger partial charge in [-0.15, -0.1) is 0 Å². The first kappa shape index (κ1) is 14.6. The van der Waals surface area contributed by atoms with Crippen LogP contribution in [0.4, 0.5) is 8.78 Å². The number of Topliss-reactive ketones (excluding diaryl/α,β-unsaturated/α-hetero) is 1. The molecule has 0 aromatic heterocycles. The van der Waals surface area contributed by atoms with Crippen LogP contribution in [0.5, 0.6) is 5.75 Å². The standard InChI is InChI=1S/C11H10Br2F2O2/c12-5-7-1-2-8(4-9(16)6-13)10(3-7)17-11(14)15/h1-3,11H,4-6H2. The van der Waals surface area contributed by atoms with Crippen molar-refractivity contribution >= 4 is 37.6 Å². The van der Waals surface area contributed by atoms with Gasteiger partial charge in [0.2, 0.25) is 0 Å². The van der Waals surface area contributed by atoms with E-state index >= 15 is 0 Å². The van der Waals surface area contributed by atoms with E-state index in [4.69, 9.17) is 0 Å². The number of carbonyl (C=O) groups is 1. The highest BCUT2D eigenvalue weighted by Gasteiger charge is 2.13. The number of carbonyl (C=O) groups excluding carboxylic acids is 1. The van der Waals surface area contributed by atoms with Gasteiger partial charge >= 0.3 is 6.61 Å². The van der Waals surface area contributed by atoms with Crippen LogP contribution in [0, 0.1) is 0 Å². The highest BCUT2D eigenvalue weighted by molar-refractivity contribution is 9.09. The molecule has 0 heterocycles. The number of benzene rings is 1. The average molecular weight is 372 g/mol. The second-order valence-corrected chi connectivity index (χ2v) is 4.42. The fourth-order valence-corrected chi connectivity index (χ4v) is 1.84. The van der Waals surface area contributed by atoms with Crippen LogP contribution in [0.2, 0.25) is 0 Å². The van der Waals surface area contributed by atoms with Crippen LogP contribution in [0.3, 0.4) is 0 Å². The molecule has 6 heteroatoms. The number of hydrogen-bond donors (Lipinski definition) is 0. The van der Waals surface area contributed by atoms with E-state index in [1.165, 1.54) is 6.07 Å². The molecule has 0 saturated carbocycles. The van der Waals surface area contributed by atoms with Crippen molar-refractivity contribution in [2.75, 3.05) is 5.33 Å². The lowest BCUT2D eigenvalue weighted by molar-refractivity contribution is -0.116. The molecule has 1 rings (SSSR count). The first-order chi connectivity index (χ1) is 8.06. The van der Waals surface area contributed by atoms with E-state index in [-0.39, 0.29) is 23.3 Å². The van der Waals surface area contributed by atoms with Crippen molar-refractivity contribution < 1.29 is 18.3 Å². The van der Waals surface area contributed by atoms with E-state index in [0.29, 0.717) is 10.9 Å². The third-order valence-electron chi connectivity index (χ3n) is 2.04. The number of rotatable bonds is 6. The number of halogens is 4. The molecule has 17 heavy (non-hydrogen) atoms. The lowest BCUT2D eigenvalue weighted by Crippen LogP contribution is -2.09. The molecule has 1 aromatic rings. The van der Waals surface area contributed by atoms with Crippen molar-refractivity contribution in [2.45, 2.75) is 18.4 Å². The SMILES string of the molecule is O=C(CBr)Cc1ccc(CBr)cc1OC(F)F. The van der Waals surface area contributed by atoms with E-state index in [1.807, 2.05) is 0 Å². The molecule has 0 aliphatic rings. The Morgan fingerprint density at radius 1 is 1.35 bits per heavy atom. The molecular weight excluding hydrogens is 362 g/mol. The molecule has 0 atom stereocenters. The monoisotopic (exact) mass is 370 g/mol. The summed E-state index contributed by atoms with van der Waals surface area (Å²) in [5.74, 6) is -0.0260. The van der Waals surface area contributed by atoms with Crippen LogP contribution in [-0.4, -0.2) is 17.7 Å². The van der Waals surface area contributed by atoms with Crippen molar-refractivity contribution in [3.63, 3.8) is 0 Å². The van der Waals surface area contributed by atoms with Gasteiger partial charge in [0.25, 0.3) is 0 Å². The number of ether oxygens (including phenoxy) is 1. The van der Waals surface area contributed by atoms with Gasteiger partial charge in [0.1, 0.15) is 11.5 Å². The van der Waals surface area contributed by atoms with Gasteiger partial charge in [-0.05, 0) is 11.6 Å². The minimum absolute atomic E-state index is 0.0613. The summed E-state index contributed by atoms with van der Waals surface area (Å²) in [5, 5.41) is 0.737. The second-order valence-electron chi connectivity index (χ2n) is 3.30. The Bertz CT molecular complexity index is 397. The van der Waals surface area contributed by atoms with Crippen molar-refractivity contribution in [1.29, 1.82) is 0 Å². The molecule has 0 saturated heterocycles. The van der Waals surface area contributed by atoms with E-state index in [0.717, 1.165) is 5.56 Å². The highest BCUT2D eigenvalue weighted by atomic mass is 79.9. The van der Waals surface area contributed by atoms with Crippen molar-refractivity contribution in [3.8, 4) is 5.75 Å². The molecule has 0 aliphatic carbocycles. The number of alkyl halides is 4. The summed E-state index contributed by atoms with van der Waals surface area (Å²) < 4.78 is 28.9. The van der Waals surface area contributed by atoms with Crippen molar-refractivity contribution in [2.24, 2.45) is 0 Å². The van der Waals surface area contributed by atoms with Gasteiger partial charge in [-0.25, -0.2) is 0 Å². The summed E-state index contributed by atoms with van der Waals surface area (Å²) in [6, 6.07) is 4.91. The Balaban J connectivity index is 2.97. The molecule has 0 aliphatic heterocycles. The summed E-state index contributed by atoms with van der Waals surface area (Å²) in [7, 11) is 0. The third kappa shape index (κ3) is 4.71. The number of ketones is 1. The maximum Gasteiger partial charge on any atom is 0.387 e. The Morgan fingerprint density at radius 2 is 2.06 bits per heavy atom. The van der Waals surface area contributed by atoms with Crippen LogP contribution in [0.1, 0.15) is 11.1 Å². The molecule has 2 nitrogen and oxygen atoms in total. The molecule has 0 unspecified atom stereocenters. The van der Waals surface area contributed by atoms with Crippen LogP contribution in [0.25, 0.3) is 0 Å². The van der Waals surface area contributed by atoms with E-state index in [1.54, 1.807) is 12.1 Å². The second kappa shape index (κ2) is 7.06. The Kier molecular flexibility index (Phi) is 6.05. The van der Waals surface area contributed by atoms with E-state index in [9.17, 15) is 13.6 Å². The Morgan fingerprint density at radius 3 is 2.59 bits per heavy atom. The lowest BCUT2D eigenvalue weighted by atomic mass is 10.1. The first-order valence-electron chi connectivity index (χ1n) is 4.77. The minimum atomic E-state index is -2.89. The Hall–Kier alpha value is -0.490. The largest absolute Gasteiger partial charge is 0.435 e. The predicted octanol–water partition coefficient (Wildman–Crippen LogP) is 3.69. The maximum atomic E-state index is 12.2. The topological polar surface area (TPSA) is 26.3 Å². The molecule has 0 bridgehead atoms. The van der Waals surface area contributed by atoms with Crippen LogP contribution in [-0.2, 0) is 16.5 Å². The summed E-state index contributed by atoms with van der Waals surface area (Å²) in [6.45, 7) is -2.89. The van der Waals surface area contributed by atoms with Crippen LogP contribution < -0.4 is 4.74 Å². The lowest BCUT2D eigenvalue weighted by Gasteiger charge is -2.11. The summed E-state index contributed by atoms with van der Waals surface area (Å²) in [6.07, 6.45) is 0.0792. The van der Waals surface area contributed by atoms with E-state index in [2.05, 4.69) is 36.6 Å². The summed E-state index contributed by atoms with van der Waals surface area (Å²) in [5.41, 5.74) is 1.29. The first-order valence-corrected chi connectivity index (χ1v) is 7.01. The zero-order chi connectivity index (χ0) is 12.8. The zero-order valence-electron chi connectivity index (χ0n) is 8.76. The summed E-state index contributed by atoms with van der Waals surface area (Å²) in [4.78, 5) is 11.3. The summed E-state index contributed by atoms with van der Waals surface area (Å²) >= 11 is 6.26. The molecule has 0 fully saturated rings. The predicted molar refractivity (Wildman–Crippen MR) is 68.2 cm³/mol. The fourth-order valence-electron chi connectivity index (χ4n) is 1.29. The van der Waals surface area contributed by atoms with Crippen LogP contribution >= 0.6 is 31.9 Å². The average Bonchev–Trinajstić information content (AvgIpc) is 2.30. The zero-order valence-corrected chi connectivity index (χ0v) is 11.9. The molecule has 0 spiro atoms. The highest BCUT2D eigenvalue weighted by Crippen LogP contribution is 2.24. The number of hydrogen-bond acceptors (Lipinski definition) is 2. The van der Waals surface area contributed by atoms with Crippen molar-refractivity contribution in [1.82, 2.24) is 0 Å². The molecule has 1 aromatic carbocycles. The normalized spacial score (nSPS) is 10.6. The van der Waals surface area contributed by atoms with Gasteiger partial charge in [0, 0.05) is 17.3 Å². The Labute approximate surface area is 115 Å². The molecule has 94 valence electrons. The van der Waals surface area contributed by atoms with Gasteiger partial charge in [0.15, 0.2) is 0 Å². The van der Waals surface area contributed by atoms with Gasteiger partial charge in [-0.3, -0.25) is 4.79 Å². The maximum absolute atomic E-state index is 12.2. The van der Waals surface area contributed by atoms with Gasteiger partial charge < -0.3 is 4.74 Å². The van der Waals surface area contributed by atoms with Gasteiger partial charge in [-0.1, -0.05) is 44.0 Å². The molecule has 0 amide bonds. The van der Waals surface area contributed by atoms with Gasteiger partial charge in [-0.2, -0.15) is 8.78 Å². The van der Waals surface area contributed by atoms with Crippen molar-refractivity contribution in [3.05, 3.63) is 29.3 Å². The molecular formula is C11H10Br2F2O2. The quantitative estimate of drug-likeness (QED) is 0.713. The smallest absolute Gasteiger partial charge is 0.387 e. The third-order valence-corrected chi connectivity index (χ3v) is 3.31. The van der Waals surface area contributed by atoms with Crippen LogP contribution in [0.15, 0.2) is 18.2 Å². The minimum Gasteiger partial charge on any atom is -0.435 e. The van der Waals surface area contributed by atoms with E-state index < -0.39 is 6.61 Å². The van der Waals surface area contributed by atoms with Gasteiger partial charge in [0.05, 0.1) is 5.33 Å².